The van der Waals surface area contributed by atoms with Crippen LogP contribution in [0.25, 0.3) is 0 Å². The summed E-state index contributed by atoms with van der Waals surface area (Å²) in [5.74, 6) is 0.309. The normalized spacial score (nSPS) is 13.7. The minimum Gasteiger partial charge on any atom is -0.491 e. The van der Waals surface area contributed by atoms with E-state index >= 15 is 0 Å². The third-order valence-corrected chi connectivity index (χ3v) is 1.67. The van der Waals surface area contributed by atoms with Crippen molar-refractivity contribution >= 4 is 0 Å². The van der Waals surface area contributed by atoms with Gasteiger partial charge in [-0.15, -0.1) is 0 Å². The molecule has 0 aliphatic heterocycles. The minimum atomic E-state index is -4.33. The SMILES string of the molecule is CC(O)COc1ccc(C(F)(F)F)cc1. The largest absolute Gasteiger partial charge is 0.491 e. The van der Waals surface area contributed by atoms with Crippen LogP contribution in [-0.4, -0.2) is 17.8 Å². The Kier molecular flexibility index (Phi) is 3.57. The van der Waals surface area contributed by atoms with Gasteiger partial charge in [0.05, 0.1) is 11.7 Å². The van der Waals surface area contributed by atoms with Gasteiger partial charge in [-0.05, 0) is 31.2 Å². The van der Waals surface area contributed by atoms with Crippen LogP contribution in [0.4, 0.5) is 13.2 Å². The summed E-state index contributed by atoms with van der Waals surface area (Å²) < 4.78 is 41.5. The van der Waals surface area contributed by atoms with Crippen LogP contribution in [0.15, 0.2) is 24.3 Å². The lowest BCUT2D eigenvalue weighted by molar-refractivity contribution is -0.137. The summed E-state index contributed by atoms with van der Waals surface area (Å²) in [4.78, 5) is 0. The van der Waals surface area contributed by atoms with Gasteiger partial charge in [-0.2, -0.15) is 13.2 Å². The van der Waals surface area contributed by atoms with Gasteiger partial charge in [0.1, 0.15) is 12.4 Å². The zero-order chi connectivity index (χ0) is 11.5. The average Bonchev–Trinajstić information content (AvgIpc) is 2.14. The predicted octanol–water partition coefficient (Wildman–Crippen LogP) is 2.47. The molecule has 0 fully saturated rings. The van der Waals surface area contributed by atoms with E-state index in [1.54, 1.807) is 0 Å². The molecule has 0 spiro atoms. The summed E-state index contributed by atoms with van der Waals surface area (Å²) in [5, 5.41) is 8.89. The number of alkyl halides is 3. The van der Waals surface area contributed by atoms with Gasteiger partial charge in [-0.1, -0.05) is 0 Å². The van der Waals surface area contributed by atoms with E-state index in [2.05, 4.69) is 0 Å². The van der Waals surface area contributed by atoms with Crippen LogP contribution in [-0.2, 0) is 6.18 Å². The van der Waals surface area contributed by atoms with Gasteiger partial charge in [0.2, 0.25) is 0 Å². The Morgan fingerprint density at radius 3 is 2.20 bits per heavy atom. The molecule has 5 heteroatoms. The first-order valence-corrected chi connectivity index (χ1v) is 4.37. The zero-order valence-electron chi connectivity index (χ0n) is 8.08. The fourth-order valence-electron chi connectivity index (χ4n) is 0.957. The molecule has 1 atom stereocenters. The van der Waals surface area contributed by atoms with Crippen LogP contribution < -0.4 is 4.74 Å². The van der Waals surface area contributed by atoms with Crippen LogP contribution in [0.3, 0.4) is 0 Å². The van der Waals surface area contributed by atoms with Crippen LogP contribution in [0.2, 0.25) is 0 Å². The molecule has 0 aliphatic carbocycles. The molecule has 1 unspecified atom stereocenters. The highest BCUT2D eigenvalue weighted by atomic mass is 19.4. The van der Waals surface area contributed by atoms with Crippen molar-refractivity contribution in [3.8, 4) is 5.75 Å². The molecule has 0 aromatic heterocycles. The van der Waals surface area contributed by atoms with E-state index in [0.29, 0.717) is 5.75 Å². The van der Waals surface area contributed by atoms with E-state index < -0.39 is 17.8 Å². The lowest BCUT2D eigenvalue weighted by atomic mass is 10.2. The van der Waals surface area contributed by atoms with Crippen molar-refractivity contribution in [2.24, 2.45) is 0 Å². The maximum atomic E-state index is 12.2. The van der Waals surface area contributed by atoms with E-state index in [1.165, 1.54) is 19.1 Å². The third-order valence-electron chi connectivity index (χ3n) is 1.67. The van der Waals surface area contributed by atoms with Gasteiger partial charge in [0.15, 0.2) is 0 Å². The topological polar surface area (TPSA) is 29.5 Å². The molecule has 0 radical (unpaired) electrons. The summed E-state index contributed by atoms with van der Waals surface area (Å²) in [6.07, 6.45) is -4.98. The highest BCUT2D eigenvalue weighted by Gasteiger charge is 2.29. The van der Waals surface area contributed by atoms with Crippen molar-refractivity contribution in [1.29, 1.82) is 0 Å². The fraction of sp³-hybridized carbons (Fsp3) is 0.400. The number of benzene rings is 1. The van der Waals surface area contributed by atoms with Crippen LogP contribution in [0, 0.1) is 0 Å². The van der Waals surface area contributed by atoms with Gasteiger partial charge >= 0.3 is 6.18 Å². The number of halogens is 3. The summed E-state index contributed by atoms with van der Waals surface area (Å²) in [7, 11) is 0. The molecule has 0 saturated heterocycles. The highest BCUT2D eigenvalue weighted by molar-refractivity contribution is 5.28. The van der Waals surface area contributed by atoms with Crippen molar-refractivity contribution in [2.45, 2.75) is 19.2 Å². The van der Waals surface area contributed by atoms with Crippen molar-refractivity contribution in [3.05, 3.63) is 29.8 Å². The number of ether oxygens (including phenoxy) is 1. The second kappa shape index (κ2) is 4.53. The Morgan fingerprint density at radius 1 is 1.27 bits per heavy atom. The Balaban J connectivity index is 2.65. The molecule has 1 rings (SSSR count). The molecular formula is C10H11F3O2. The molecule has 1 N–H and O–H groups in total. The molecule has 1 aromatic rings. The number of hydrogen-bond donors (Lipinski definition) is 1. The molecule has 0 aliphatic rings. The molecule has 0 amide bonds. The smallest absolute Gasteiger partial charge is 0.416 e. The van der Waals surface area contributed by atoms with Crippen molar-refractivity contribution in [1.82, 2.24) is 0 Å². The van der Waals surface area contributed by atoms with Crippen molar-refractivity contribution < 1.29 is 23.0 Å². The van der Waals surface area contributed by atoms with Gasteiger partial charge < -0.3 is 9.84 Å². The molecule has 2 nitrogen and oxygen atoms in total. The van der Waals surface area contributed by atoms with Gasteiger partial charge in [0.25, 0.3) is 0 Å². The van der Waals surface area contributed by atoms with Crippen LogP contribution in [0.5, 0.6) is 5.75 Å². The standard InChI is InChI=1S/C10H11F3O2/c1-7(14)6-15-9-4-2-8(3-5-9)10(11,12)13/h2-5,7,14H,6H2,1H3. The highest BCUT2D eigenvalue weighted by Crippen LogP contribution is 2.30. The van der Waals surface area contributed by atoms with Gasteiger partial charge in [0, 0.05) is 0 Å². The first-order chi connectivity index (χ1) is 6.89. The van der Waals surface area contributed by atoms with Gasteiger partial charge in [-0.3, -0.25) is 0 Å². The first-order valence-electron chi connectivity index (χ1n) is 4.37. The first kappa shape index (κ1) is 11.8. The summed E-state index contributed by atoms with van der Waals surface area (Å²) in [6, 6.07) is 4.34. The Bertz CT molecular complexity index is 303. The van der Waals surface area contributed by atoms with E-state index in [9.17, 15) is 13.2 Å². The van der Waals surface area contributed by atoms with E-state index in [4.69, 9.17) is 9.84 Å². The molecule has 1 aromatic carbocycles. The summed E-state index contributed by atoms with van der Waals surface area (Å²) >= 11 is 0. The number of aliphatic hydroxyl groups is 1. The molecule has 84 valence electrons. The number of aliphatic hydroxyl groups excluding tert-OH is 1. The molecule has 15 heavy (non-hydrogen) atoms. The Labute approximate surface area is 85.3 Å². The number of hydrogen-bond acceptors (Lipinski definition) is 2. The van der Waals surface area contributed by atoms with Crippen molar-refractivity contribution in [3.63, 3.8) is 0 Å². The van der Waals surface area contributed by atoms with Crippen LogP contribution in [0.1, 0.15) is 12.5 Å². The Morgan fingerprint density at radius 2 is 1.80 bits per heavy atom. The Hall–Kier alpha value is -1.23. The monoisotopic (exact) mass is 220 g/mol. The van der Waals surface area contributed by atoms with Gasteiger partial charge in [-0.25, -0.2) is 0 Å². The molecule has 0 heterocycles. The minimum absolute atomic E-state index is 0.0609. The lowest BCUT2D eigenvalue weighted by Gasteiger charge is -2.10. The second-order valence-electron chi connectivity index (χ2n) is 3.18. The fourth-order valence-corrected chi connectivity index (χ4v) is 0.957. The maximum Gasteiger partial charge on any atom is 0.416 e. The maximum absolute atomic E-state index is 12.2. The zero-order valence-corrected chi connectivity index (χ0v) is 8.08. The second-order valence-corrected chi connectivity index (χ2v) is 3.18. The summed E-state index contributed by atoms with van der Waals surface area (Å²) in [5.41, 5.74) is -0.716. The van der Waals surface area contributed by atoms with Crippen LogP contribution >= 0.6 is 0 Å². The predicted molar refractivity (Wildman–Crippen MR) is 48.6 cm³/mol. The van der Waals surface area contributed by atoms with E-state index in [1.807, 2.05) is 0 Å². The van der Waals surface area contributed by atoms with E-state index in [-0.39, 0.29) is 6.61 Å². The lowest BCUT2D eigenvalue weighted by Crippen LogP contribution is -2.13. The van der Waals surface area contributed by atoms with E-state index in [0.717, 1.165) is 12.1 Å². The molecule has 0 bridgehead atoms. The molecular weight excluding hydrogens is 209 g/mol. The average molecular weight is 220 g/mol. The summed E-state index contributed by atoms with van der Waals surface area (Å²) in [6.45, 7) is 1.59. The molecule has 0 saturated carbocycles. The quantitative estimate of drug-likeness (QED) is 0.847. The van der Waals surface area contributed by atoms with Crippen molar-refractivity contribution in [2.75, 3.05) is 6.61 Å². The number of rotatable bonds is 3. The third kappa shape index (κ3) is 3.79.